The number of rotatable bonds is 4. The van der Waals surface area contributed by atoms with Crippen molar-refractivity contribution in [1.82, 2.24) is 0 Å². The Labute approximate surface area is 168 Å². The predicted molar refractivity (Wildman–Crippen MR) is 110 cm³/mol. The van der Waals surface area contributed by atoms with Gasteiger partial charge in [0.05, 0.1) is 25.3 Å². The summed E-state index contributed by atoms with van der Waals surface area (Å²) in [4.78, 5) is 26.8. The first kappa shape index (κ1) is 18.6. The first-order chi connectivity index (χ1) is 14.1. The van der Waals surface area contributed by atoms with E-state index in [2.05, 4.69) is 5.32 Å². The number of fused-ring (bicyclic) bond motifs is 1. The number of hydrogen-bond donors (Lipinski definition) is 1. The first-order valence-electron chi connectivity index (χ1n) is 9.14. The molecule has 3 aromatic rings. The number of nitrogens with zero attached hydrogens (tertiary/aromatic N) is 1. The molecule has 0 radical (unpaired) electrons. The van der Waals surface area contributed by atoms with E-state index in [1.807, 2.05) is 54.6 Å². The van der Waals surface area contributed by atoms with Crippen LogP contribution in [0.25, 0.3) is 0 Å². The molecule has 3 aromatic carbocycles. The molecule has 0 saturated heterocycles. The number of anilines is 2. The average molecular weight is 388 g/mol. The lowest BCUT2D eigenvalue weighted by molar-refractivity contribution is 0.0600. The second-order valence-electron chi connectivity index (χ2n) is 6.58. The summed E-state index contributed by atoms with van der Waals surface area (Å²) in [7, 11) is 2.95. The van der Waals surface area contributed by atoms with E-state index in [1.165, 1.54) is 7.11 Å². The van der Waals surface area contributed by atoms with Gasteiger partial charge < -0.3 is 14.8 Å². The van der Waals surface area contributed by atoms with E-state index in [0.717, 1.165) is 16.9 Å². The third-order valence-electron chi connectivity index (χ3n) is 4.92. The van der Waals surface area contributed by atoms with Crippen LogP contribution in [0.5, 0.6) is 5.75 Å². The molecule has 0 saturated carbocycles. The molecular formula is C23H20N2O4. The second-order valence-corrected chi connectivity index (χ2v) is 6.58. The molecule has 0 fully saturated rings. The topological polar surface area (TPSA) is 67.9 Å². The Morgan fingerprint density at radius 2 is 1.62 bits per heavy atom. The van der Waals surface area contributed by atoms with E-state index in [9.17, 15) is 9.59 Å². The monoisotopic (exact) mass is 388 g/mol. The summed E-state index contributed by atoms with van der Waals surface area (Å²) in [6.07, 6.45) is -0.433. The molecule has 1 aliphatic heterocycles. The number of esters is 1. The maximum absolute atomic E-state index is 13.4. The summed E-state index contributed by atoms with van der Waals surface area (Å²) in [5.41, 5.74) is 3.40. The third-order valence-corrected chi connectivity index (χ3v) is 4.92. The molecule has 0 aromatic heterocycles. The molecule has 0 aliphatic carbocycles. The van der Waals surface area contributed by atoms with Crippen molar-refractivity contribution < 1.29 is 19.1 Å². The molecule has 0 spiro atoms. The smallest absolute Gasteiger partial charge is 0.337 e. The minimum Gasteiger partial charge on any atom is -0.497 e. The number of amides is 1. The summed E-state index contributed by atoms with van der Waals surface area (Å²) in [5.74, 6) is 0.207. The van der Waals surface area contributed by atoms with Crippen molar-refractivity contribution in [3.05, 3.63) is 89.5 Å². The number of ether oxygens (including phenoxy) is 2. The van der Waals surface area contributed by atoms with Crippen molar-refractivity contribution in [3.8, 4) is 5.75 Å². The summed E-state index contributed by atoms with van der Waals surface area (Å²) in [6, 6.07) is 21.8. The van der Waals surface area contributed by atoms with Gasteiger partial charge in [-0.15, -0.1) is 0 Å². The van der Waals surface area contributed by atoms with E-state index in [4.69, 9.17) is 9.47 Å². The number of hydrogen-bond acceptors (Lipinski definition) is 5. The van der Waals surface area contributed by atoms with E-state index in [-0.39, 0.29) is 5.91 Å². The van der Waals surface area contributed by atoms with Crippen LogP contribution in [0.3, 0.4) is 0 Å². The molecule has 1 heterocycles. The van der Waals surface area contributed by atoms with E-state index in [1.54, 1.807) is 30.2 Å². The van der Waals surface area contributed by atoms with Gasteiger partial charge in [-0.1, -0.05) is 24.3 Å². The maximum atomic E-state index is 13.4. The molecule has 146 valence electrons. The predicted octanol–water partition coefficient (Wildman–Crippen LogP) is 4.25. The minimum atomic E-state index is -0.433. The molecule has 1 amide bonds. The third kappa shape index (κ3) is 3.40. The molecular weight excluding hydrogens is 368 g/mol. The van der Waals surface area contributed by atoms with Crippen molar-refractivity contribution in [2.24, 2.45) is 0 Å². The van der Waals surface area contributed by atoms with Gasteiger partial charge in [0.1, 0.15) is 11.9 Å². The zero-order valence-corrected chi connectivity index (χ0v) is 16.1. The van der Waals surface area contributed by atoms with Crippen molar-refractivity contribution >= 4 is 23.3 Å². The lowest BCUT2D eigenvalue weighted by Crippen LogP contribution is -2.43. The second kappa shape index (κ2) is 7.67. The van der Waals surface area contributed by atoms with Crippen LogP contribution in [0, 0.1) is 0 Å². The maximum Gasteiger partial charge on any atom is 0.337 e. The summed E-state index contributed by atoms with van der Waals surface area (Å²) >= 11 is 0. The van der Waals surface area contributed by atoms with E-state index in [0.29, 0.717) is 16.9 Å². The molecule has 29 heavy (non-hydrogen) atoms. The van der Waals surface area contributed by atoms with Crippen LogP contribution in [0.1, 0.15) is 32.4 Å². The fourth-order valence-electron chi connectivity index (χ4n) is 3.42. The van der Waals surface area contributed by atoms with Gasteiger partial charge in [-0.05, 0) is 54.1 Å². The Bertz CT molecular complexity index is 1050. The highest BCUT2D eigenvalue weighted by Gasteiger charge is 2.34. The van der Waals surface area contributed by atoms with Crippen LogP contribution in [0.4, 0.5) is 11.4 Å². The van der Waals surface area contributed by atoms with Crippen molar-refractivity contribution in [2.75, 3.05) is 24.4 Å². The van der Waals surface area contributed by atoms with Gasteiger partial charge in [-0.25, -0.2) is 4.79 Å². The summed E-state index contributed by atoms with van der Waals surface area (Å²) < 4.78 is 10.0. The summed E-state index contributed by atoms with van der Waals surface area (Å²) in [5, 5.41) is 3.44. The largest absolute Gasteiger partial charge is 0.497 e. The van der Waals surface area contributed by atoms with Crippen LogP contribution in [0.2, 0.25) is 0 Å². The first-order valence-corrected chi connectivity index (χ1v) is 9.14. The Morgan fingerprint density at radius 1 is 0.931 bits per heavy atom. The molecule has 4 rings (SSSR count). The van der Waals surface area contributed by atoms with Crippen molar-refractivity contribution in [3.63, 3.8) is 0 Å². The Morgan fingerprint density at radius 3 is 2.28 bits per heavy atom. The molecule has 1 unspecified atom stereocenters. The SMILES string of the molecule is COC(=O)c1ccc(C2Nc3ccccc3C(=O)N2c2ccc(OC)cc2)cc1. The quantitative estimate of drug-likeness (QED) is 0.677. The zero-order valence-electron chi connectivity index (χ0n) is 16.1. The number of benzene rings is 3. The average Bonchev–Trinajstić information content (AvgIpc) is 2.79. The fourth-order valence-corrected chi connectivity index (χ4v) is 3.42. The Balaban J connectivity index is 1.78. The van der Waals surface area contributed by atoms with Crippen molar-refractivity contribution in [1.29, 1.82) is 0 Å². The Hall–Kier alpha value is -3.80. The minimum absolute atomic E-state index is 0.105. The number of para-hydroxylation sites is 1. The van der Waals surface area contributed by atoms with Gasteiger partial charge >= 0.3 is 5.97 Å². The van der Waals surface area contributed by atoms with Crippen LogP contribution in [-0.4, -0.2) is 26.1 Å². The van der Waals surface area contributed by atoms with E-state index < -0.39 is 12.1 Å². The van der Waals surface area contributed by atoms with Gasteiger partial charge in [0.2, 0.25) is 0 Å². The lowest BCUT2D eigenvalue weighted by atomic mass is 10.0. The number of methoxy groups -OCH3 is 2. The lowest BCUT2D eigenvalue weighted by Gasteiger charge is -2.38. The standard InChI is InChI=1S/C23H20N2O4/c1-28-18-13-11-17(12-14-18)25-21(15-7-9-16(10-8-15)23(27)29-2)24-20-6-4-3-5-19(20)22(25)26/h3-14,21,24H,1-2H3. The van der Waals surface area contributed by atoms with E-state index >= 15 is 0 Å². The van der Waals surface area contributed by atoms with Gasteiger partial charge in [0, 0.05) is 11.4 Å². The zero-order chi connectivity index (χ0) is 20.4. The van der Waals surface area contributed by atoms with Gasteiger partial charge in [0.25, 0.3) is 5.91 Å². The summed E-state index contributed by atoms with van der Waals surface area (Å²) in [6.45, 7) is 0. The highest BCUT2D eigenvalue weighted by molar-refractivity contribution is 6.12. The Kier molecular flexibility index (Phi) is 4.91. The van der Waals surface area contributed by atoms with Crippen LogP contribution in [0.15, 0.2) is 72.8 Å². The highest BCUT2D eigenvalue weighted by Crippen LogP contribution is 2.37. The molecule has 0 bridgehead atoms. The number of nitrogens with one attached hydrogen (secondary N) is 1. The van der Waals surface area contributed by atoms with Gasteiger partial charge in [-0.2, -0.15) is 0 Å². The fraction of sp³-hybridized carbons (Fsp3) is 0.130. The van der Waals surface area contributed by atoms with Crippen LogP contribution >= 0.6 is 0 Å². The highest BCUT2D eigenvalue weighted by atomic mass is 16.5. The van der Waals surface area contributed by atoms with Gasteiger partial charge in [0.15, 0.2) is 0 Å². The number of carbonyl (C=O) groups is 2. The molecule has 1 aliphatic rings. The van der Waals surface area contributed by atoms with Crippen molar-refractivity contribution in [2.45, 2.75) is 6.17 Å². The molecule has 1 N–H and O–H groups in total. The molecule has 6 nitrogen and oxygen atoms in total. The molecule has 6 heteroatoms. The van der Waals surface area contributed by atoms with Crippen LogP contribution < -0.4 is 15.0 Å². The normalized spacial score (nSPS) is 15.3. The number of carbonyl (C=O) groups excluding carboxylic acids is 2. The molecule has 1 atom stereocenters. The van der Waals surface area contributed by atoms with Gasteiger partial charge in [-0.3, -0.25) is 9.69 Å². The van der Waals surface area contributed by atoms with Crippen LogP contribution in [-0.2, 0) is 4.74 Å².